The number of aryl methyl sites for hydroxylation is 1. The van der Waals surface area contributed by atoms with E-state index in [4.69, 9.17) is 4.52 Å². The molecule has 0 radical (unpaired) electrons. The topological polar surface area (TPSA) is 112 Å². The first-order valence-electron chi connectivity index (χ1n) is 8.60. The highest BCUT2D eigenvalue weighted by Gasteiger charge is 2.41. The average molecular weight is 353 g/mol. The van der Waals surface area contributed by atoms with E-state index < -0.39 is 5.54 Å². The van der Waals surface area contributed by atoms with Crippen molar-refractivity contribution in [1.29, 1.82) is 0 Å². The lowest BCUT2D eigenvalue weighted by atomic mass is 9.96. The number of carbonyl (C=O) groups is 1. The maximum absolute atomic E-state index is 12.6. The van der Waals surface area contributed by atoms with E-state index >= 15 is 0 Å². The summed E-state index contributed by atoms with van der Waals surface area (Å²) in [4.78, 5) is 18.2. The summed E-state index contributed by atoms with van der Waals surface area (Å²) in [5.41, 5.74) is 0.284. The molecular formula is C17H19N7O2. The molecule has 1 aliphatic rings. The molecule has 134 valence electrons. The number of tetrazole rings is 1. The van der Waals surface area contributed by atoms with Gasteiger partial charge in [-0.05, 0) is 18.1 Å². The third kappa shape index (κ3) is 3.19. The van der Waals surface area contributed by atoms with E-state index in [2.05, 4.69) is 30.9 Å². The van der Waals surface area contributed by atoms with Gasteiger partial charge in [0.25, 0.3) is 0 Å². The van der Waals surface area contributed by atoms with Crippen LogP contribution in [0.25, 0.3) is 11.4 Å². The van der Waals surface area contributed by atoms with Crippen LogP contribution in [0.2, 0.25) is 0 Å². The summed E-state index contributed by atoms with van der Waals surface area (Å²) in [6, 6.07) is 9.52. The molecule has 1 N–H and O–H groups in total. The molecular weight excluding hydrogens is 334 g/mol. The fraction of sp³-hybridized carbons (Fsp3) is 0.412. The Balaban J connectivity index is 1.47. The van der Waals surface area contributed by atoms with E-state index in [0.717, 1.165) is 31.2 Å². The van der Waals surface area contributed by atoms with Crippen LogP contribution in [0.15, 0.2) is 34.9 Å². The second-order valence-corrected chi connectivity index (χ2v) is 6.48. The number of rotatable bonds is 5. The summed E-state index contributed by atoms with van der Waals surface area (Å²) < 4.78 is 5.10. The molecule has 9 nitrogen and oxygen atoms in total. The lowest BCUT2D eigenvalue weighted by Crippen LogP contribution is -2.46. The number of amides is 1. The zero-order valence-corrected chi connectivity index (χ0v) is 14.4. The smallest absolute Gasteiger partial charge is 0.244 e. The Morgan fingerprint density at radius 3 is 2.73 bits per heavy atom. The fourth-order valence-electron chi connectivity index (χ4n) is 3.32. The van der Waals surface area contributed by atoms with Crippen LogP contribution < -0.4 is 5.32 Å². The van der Waals surface area contributed by atoms with Gasteiger partial charge in [-0.3, -0.25) is 4.79 Å². The summed E-state index contributed by atoms with van der Waals surface area (Å²) in [5, 5.41) is 19.4. The minimum atomic E-state index is -0.572. The zero-order valence-electron chi connectivity index (χ0n) is 14.4. The third-order valence-electron chi connectivity index (χ3n) is 4.56. The first-order chi connectivity index (χ1) is 12.6. The lowest BCUT2D eigenvalue weighted by Gasteiger charge is -2.26. The van der Waals surface area contributed by atoms with Crippen LogP contribution in [0.5, 0.6) is 0 Å². The van der Waals surface area contributed by atoms with Crippen LogP contribution in [0.4, 0.5) is 0 Å². The molecule has 2 heterocycles. The van der Waals surface area contributed by atoms with Gasteiger partial charge in [-0.25, -0.2) is 0 Å². The maximum Gasteiger partial charge on any atom is 0.244 e. The van der Waals surface area contributed by atoms with E-state index in [1.807, 2.05) is 30.3 Å². The summed E-state index contributed by atoms with van der Waals surface area (Å²) in [6.07, 6.45) is 3.59. The van der Waals surface area contributed by atoms with E-state index in [9.17, 15) is 4.79 Å². The highest BCUT2D eigenvalue weighted by molar-refractivity contribution is 5.76. The molecule has 1 saturated carbocycles. The van der Waals surface area contributed by atoms with Crippen LogP contribution in [0.3, 0.4) is 0 Å². The molecule has 1 fully saturated rings. The Kier molecular flexibility index (Phi) is 4.19. The van der Waals surface area contributed by atoms with Gasteiger partial charge < -0.3 is 9.84 Å². The van der Waals surface area contributed by atoms with Gasteiger partial charge >= 0.3 is 0 Å². The summed E-state index contributed by atoms with van der Waals surface area (Å²) in [6.45, 7) is 1.73. The number of benzene rings is 1. The molecule has 0 aliphatic heterocycles. The number of nitrogens with one attached hydrogen (secondary N) is 1. The summed E-state index contributed by atoms with van der Waals surface area (Å²) >= 11 is 0. The van der Waals surface area contributed by atoms with Gasteiger partial charge in [0.15, 0.2) is 5.82 Å². The van der Waals surface area contributed by atoms with Crippen molar-refractivity contribution in [2.45, 2.75) is 44.7 Å². The average Bonchev–Trinajstić information content (AvgIpc) is 3.37. The second-order valence-electron chi connectivity index (χ2n) is 6.48. The van der Waals surface area contributed by atoms with Crippen molar-refractivity contribution in [3.8, 4) is 11.4 Å². The van der Waals surface area contributed by atoms with Crippen LogP contribution in [-0.4, -0.2) is 36.3 Å². The second kappa shape index (κ2) is 6.66. The van der Waals surface area contributed by atoms with E-state index in [1.54, 1.807) is 6.92 Å². The number of hydrogen-bond acceptors (Lipinski definition) is 7. The molecule has 0 unspecified atom stereocenters. The van der Waals surface area contributed by atoms with E-state index in [0.29, 0.717) is 17.5 Å². The van der Waals surface area contributed by atoms with Crippen molar-refractivity contribution in [2.24, 2.45) is 0 Å². The van der Waals surface area contributed by atoms with Crippen molar-refractivity contribution < 1.29 is 9.32 Å². The summed E-state index contributed by atoms with van der Waals surface area (Å²) in [5.74, 6) is 1.32. The number of hydrogen-bond donors (Lipinski definition) is 1. The molecule has 9 heteroatoms. The van der Waals surface area contributed by atoms with E-state index in [-0.39, 0.29) is 12.5 Å². The molecule has 2 aromatic heterocycles. The van der Waals surface area contributed by atoms with Crippen molar-refractivity contribution >= 4 is 5.91 Å². The predicted molar refractivity (Wildman–Crippen MR) is 90.6 cm³/mol. The van der Waals surface area contributed by atoms with E-state index in [1.165, 1.54) is 4.80 Å². The summed E-state index contributed by atoms with van der Waals surface area (Å²) in [7, 11) is 0. The van der Waals surface area contributed by atoms with Crippen molar-refractivity contribution in [3.05, 3.63) is 42.0 Å². The number of nitrogens with zero attached hydrogens (tertiary/aromatic N) is 6. The Morgan fingerprint density at radius 1 is 1.27 bits per heavy atom. The molecule has 1 aliphatic carbocycles. The van der Waals surface area contributed by atoms with Crippen molar-refractivity contribution in [1.82, 2.24) is 35.7 Å². The zero-order chi connectivity index (χ0) is 18.0. The van der Waals surface area contributed by atoms with Crippen LogP contribution in [-0.2, 0) is 16.9 Å². The van der Waals surface area contributed by atoms with Gasteiger partial charge in [0.1, 0.15) is 12.1 Å². The molecule has 0 bridgehead atoms. The molecule has 3 aromatic rings. The van der Waals surface area contributed by atoms with Gasteiger partial charge in [-0.15, -0.1) is 10.2 Å². The molecule has 4 rings (SSSR count). The Bertz CT molecular complexity index is 897. The standard InChI is InChI=1S/C17H19N7O2/c1-12-18-16(22-26-12)17(9-5-6-10-17)19-14(25)11-24-21-15(20-23-24)13-7-3-2-4-8-13/h2-4,7-8H,5-6,9-11H2,1H3,(H,19,25). The minimum absolute atomic E-state index is 0.0155. The monoisotopic (exact) mass is 353 g/mol. The van der Waals surface area contributed by atoms with Crippen LogP contribution in [0.1, 0.15) is 37.4 Å². The highest BCUT2D eigenvalue weighted by Crippen LogP contribution is 2.37. The van der Waals surface area contributed by atoms with Gasteiger partial charge in [0.2, 0.25) is 17.6 Å². The lowest BCUT2D eigenvalue weighted by molar-refractivity contribution is -0.124. The first kappa shape index (κ1) is 16.4. The Labute approximate surface area is 149 Å². The third-order valence-corrected chi connectivity index (χ3v) is 4.56. The molecule has 26 heavy (non-hydrogen) atoms. The Morgan fingerprint density at radius 2 is 2.04 bits per heavy atom. The van der Waals surface area contributed by atoms with Gasteiger partial charge in [0.05, 0.1) is 0 Å². The quantitative estimate of drug-likeness (QED) is 0.741. The largest absolute Gasteiger partial charge is 0.342 e. The molecule has 0 saturated heterocycles. The normalized spacial score (nSPS) is 15.9. The maximum atomic E-state index is 12.6. The Hall–Kier alpha value is -3.10. The van der Waals surface area contributed by atoms with Gasteiger partial charge in [0, 0.05) is 12.5 Å². The van der Waals surface area contributed by atoms with Gasteiger partial charge in [-0.1, -0.05) is 48.3 Å². The minimum Gasteiger partial charge on any atom is -0.342 e. The molecule has 0 atom stereocenters. The van der Waals surface area contributed by atoms with Crippen molar-refractivity contribution in [2.75, 3.05) is 0 Å². The highest BCUT2D eigenvalue weighted by atomic mass is 16.5. The number of carbonyl (C=O) groups excluding carboxylic acids is 1. The van der Waals surface area contributed by atoms with Gasteiger partial charge in [-0.2, -0.15) is 9.78 Å². The molecule has 0 spiro atoms. The molecule has 1 amide bonds. The van der Waals surface area contributed by atoms with Crippen LogP contribution >= 0.6 is 0 Å². The molecule has 1 aromatic carbocycles. The SMILES string of the molecule is Cc1nc(C2(NC(=O)Cn3nnc(-c4ccccc4)n3)CCCC2)no1. The van der Waals surface area contributed by atoms with Crippen molar-refractivity contribution in [3.63, 3.8) is 0 Å². The predicted octanol–water partition coefficient (Wildman–Crippen LogP) is 1.62. The van der Waals surface area contributed by atoms with Crippen LogP contribution in [0, 0.1) is 6.92 Å². The number of aromatic nitrogens is 6. The fourth-order valence-corrected chi connectivity index (χ4v) is 3.32. The first-order valence-corrected chi connectivity index (χ1v) is 8.60.